The number of benzene rings is 2. The molecule has 0 fully saturated rings. The molecule has 0 radical (unpaired) electrons. The number of aryl methyl sites for hydroxylation is 2. The van der Waals surface area contributed by atoms with E-state index in [4.69, 9.17) is 14.6 Å². The van der Waals surface area contributed by atoms with E-state index in [0.29, 0.717) is 26.4 Å². The van der Waals surface area contributed by atoms with Gasteiger partial charge in [0, 0.05) is 11.6 Å². The third kappa shape index (κ3) is 6.32. The Morgan fingerprint density at radius 1 is 1.11 bits per heavy atom. The molecule has 3 N–H and O–H groups in total. The van der Waals surface area contributed by atoms with Crippen molar-refractivity contribution in [1.82, 2.24) is 4.98 Å². The largest absolute Gasteiger partial charge is 0.378 e. The lowest BCUT2D eigenvalue weighted by Gasteiger charge is -2.15. The van der Waals surface area contributed by atoms with Gasteiger partial charge >= 0.3 is 6.03 Å². The van der Waals surface area contributed by atoms with Gasteiger partial charge in [-0.2, -0.15) is 0 Å². The zero-order valence-corrected chi connectivity index (χ0v) is 23.2. The fraction of sp³-hybridized carbons (Fsp3) is 0.429. The second-order valence-corrected chi connectivity index (χ2v) is 12.9. The van der Waals surface area contributed by atoms with Crippen molar-refractivity contribution in [1.29, 1.82) is 0 Å². The maximum Gasteiger partial charge on any atom is 0.354 e. The predicted molar refractivity (Wildman–Crippen MR) is 150 cm³/mol. The molecule has 2 amide bonds. The molecule has 0 bridgehead atoms. The lowest BCUT2D eigenvalue weighted by molar-refractivity contribution is 0.0367. The van der Waals surface area contributed by atoms with Crippen molar-refractivity contribution in [2.75, 3.05) is 25.1 Å². The van der Waals surface area contributed by atoms with E-state index in [1.54, 1.807) is 0 Å². The minimum absolute atomic E-state index is 0.0265. The smallest absolute Gasteiger partial charge is 0.354 e. The molecule has 8 nitrogen and oxygen atoms in total. The molecule has 2 atom stereocenters. The van der Waals surface area contributed by atoms with Crippen LogP contribution in [0.3, 0.4) is 0 Å². The van der Waals surface area contributed by atoms with Gasteiger partial charge < -0.3 is 14.8 Å². The van der Waals surface area contributed by atoms with Gasteiger partial charge in [0.05, 0.1) is 37.6 Å². The normalized spacial score (nSPS) is 16.5. The van der Waals surface area contributed by atoms with Crippen LogP contribution >= 0.6 is 11.3 Å². The number of nitrogens with two attached hydrogens (primary N) is 1. The predicted octanol–water partition coefficient (Wildman–Crippen LogP) is 5.39. The van der Waals surface area contributed by atoms with Crippen molar-refractivity contribution < 1.29 is 18.5 Å². The van der Waals surface area contributed by atoms with Crippen LogP contribution in [0, 0.1) is 0 Å². The molecule has 2 unspecified atom stereocenters. The van der Waals surface area contributed by atoms with Gasteiger partial charge in [-0.25, -0.2) is 19.1 Å². The number of carbonyl (C=O) groups excluding carboxylic acids is 1. The van der Waals surface area contributed by atoms with Crippen LogP contribution < -0.4 is 10.5 Å². The van der Waals surface area contributed by atoms with Crippen molar-refractivity contribution in [3.05, 3.63) is 75.4 Å². The van der Waals surface area contributed by atoms with Crippen LogP contribution in [0.4, 0.5) is 10.5 Å². The Labute approximate surface area is 228 Å². The van der Waals surface area contributed by atoms with Gasteiger partial charge in [-0.15, -0.1) is 15.7 Å². The maximum atomic E-state index is 13.2. The zero-order valence-electron chi connectivity index (χ0n) is 21.6. The molecule has 1 heterocycles. The van der Waals surface area contributed by atoms with Gasteiger partial charge in [-0.05, 0) is 66.3 Å². The summed E-state index contributed by atoms with van der Waals surface area (Å²) >= 11 is 1.21. The molecule has 0 saturated carbocycles. The van der Waals surface area contributed by atoms with E-state index < -0.39 is 15.9 Å². The second kappa shape index (κ2) is 12.0. The zero-order chi connectivity index (χ0) is 26.5. The quantitative estimate of drug-likeness (QED) is 0.326. The summed E-state index contributed by atoms with van der Waals surface area (Å²) < 4.78 is 28.8. The number of rotatable bonds is 10. The molecule has 2 aliphatic carbocycles. The van der Waals surface area contributed by atoms with Crippen molar-refractivity contribution in [3.8, 4) is 0 Å². The van der Waals surface area contributed by atoms with Crippen LogP contribution in [0.1, 0.15) is 58.5 Å². The SMILES string of the molecule is CC(COCCOCc1ccccc1)c1ncc(S(N)(=O)=NC(=O)Nc2c3c(cc4c2CCC4)CCC3)s1. The monoisotopic (exact) mass is 554 g/mol. The third-order valence-corrected chi connectivity index (χ3v) is 10.1. The molecule has 3 aromatic rings. The lowest BCUT2D eigenvalue weighted by atomic mass is 9.99. The molecule has 2 aromatic carbocycles. The van der Waals surface area contributed by atoms with Crippen LogP contribution in [0.2, 0.25) is 0 Å². The summed E-state index contributed by atoms with van der Waals surface area (Å²) in [7, 11) is -3.42. The summed E-state index contributed by atoms with van der Waals surface area (Å²) in [5.74, 6) is -0.0265. The Bertz CT molecular complexity index is 1380. The summed E-state index contributed by atoms with van der Waals surface area (Å²) in [6.07, 6.45) is 7.55. The minimum Gasteiger partial charge on any atom is -0.378 e. The lowest BCUT2D eigenvalue weighted by Crippen LogP contribution is -2.18. The van der Waals surface area contributed by atoms with Crippen LogP contribution in [0.15, 0.2) is 51.2 Å². The van der Waals surface area contributed by atoms with Gasteiger partial charge in [0.2, 0.25) is 0 Å². The number of hydrogen-bond acceptors (Lipinski definition) is 6. The number of nitrogens with zero attached hydrogens (tertiary/aromatic N) is 2. The Morgan fingerprint density at radius 2 is 1.79 bits per heavy atom. The van der Waals surface area contributed by atoms with Gasteiger partial charge in [0.25, 0.3) is 0 Å². The van der Waals surface area contributed by atoms with E-state index in [9.17, 15) is 9.00 Å². The number of amides is 2. The maximum absolute atomic E-state index is 13.2. The molecule has 0 aliphatic heterocycles. The molecule has 1 aromatic heterocycles. The van der Waals surface area contributed by atoms with Crippen molar-refractivity contribution >= 4 is 33.0 Å². The molecule has 10 heteroatoms. The van der Waals surface area contributed by atoms with E-state index in [1.165, 1.54) is 39.8 Å². The summed E-state index contributed by atoms with van der Waals surface area (Å²) in [5.41, 5.74) is 6.98. The Hall–Kier alpha value is -2.63. The number of anilines is 1. The molecule has 202 valence electrons. The van der Waals surface area contributed by atoms with E-state index >= 15 is 0 Å². The van der Waals surface area contributed by atoms with E-state index in [0.717, 1.165) is 54.8 Å². The minimum atomic E-state index is -3.42. The first-order chi connectivity index (χ1) is 18.4. The highest BCUT2D eigenvalue weighted by molar-refractivity contribution is 7.93. The summed E-state index contributed by atoms with van der Waals surface area (Å²) in [6, 6.07) is 11.6. The number of ether oxygens (including phenoxy) is 2. The second-order valence-electron chi connectivity index (χ2n) is 9.86. The highest BCUT2D eigenvalue weighted by atomic mass is 32.2. The fourth-order valence-corrected chi connectivity index (χ4v) is 7.23. The first-order valence-corrected chi connectivity index (χ1v) is 15.5. The highest BCUT2D eigenvalue weighted by Gasteiger charge is 2.25. The average Bonchev–Trinajstić information content (AvgIpc) is 3.67. The van der Waals surface area contributed by atoms with Gasteiger partial charge in [0.15, 0.2) is 9.92 Å². The van der Waals surface area contributed by atoms with E-state index in [-0.39, 0.29) is 10.1 Å². The molecular formula is C28H34N4O4S2. The van der Waals surface area contributed by atoms with Crippen molar-refractivity contribution in [2.24, 2.45) is 9.50 Å². The number of carbonyl (C=O) groups is 1. The fourth-order valence-electron chi connectivity index (χ4n) is 5.11. The average molecular weight is 555 g/mol. The summed E-state index contributed by atoms with van der Waals surface area (Å²) in [4.78, 5) is 17.3. The Morgan fingerprint density at radius 3 is 2.50 bits per heavy atom. The van der Waals surface area contributed by atoms with Gasteiger partial charge in [0.1, 0.15) is 4.21 Å². The standard InChI is InChI=1S/C28H34N4O4S2/c1-19(17-35-13-14-36-18-20-7-3-2-4-8-20)27-30-16-25(37-27)38(29,34)32-28(33)31-26-23-11-5-9-21(23)15-22-10-6-12-24(22)26/h2-4,7-8,15-16,19H,5-6,9-14,17-18H2,1H3,(H3,29,31,32,33,34). The van der Waals surface area contributed by atoms with Crippen molar-refractivity contribution in [2.45, 2.75) is 62.2 Å². The molecule has 2 aliphatic rings. The topological polar surface area (TPSA) is 116 Å². The molecule has 0 saturated heterocycles. The Balaban J connectivity index is 1.16. The number of thiazole rings is 1. The number of nitrogens with one attached hydrogen (secondary N) is 1. The van der Waals surface area contributed by atoms with Crippen LogP contribution in [0.25, 0.3) is 0 Å². The highest BCUT2D eigenvalue weighted by Crippen LogP contribution is 2.38. The molecule has 5 rings (SSSR count). The number of hydrogen-bond donors (Lipinski definition) is 2. The molecular weight excluding hydrogens is 520 g/mol. The van der Waals surface area contributed by atoms with Crippen LogP contribution in [-0.2, 0) is 51.7 Å². The summed E-state index contributed by atoms with van der Waals surface area (Å²) in [6.45, 7) is 3.92. The first kappa shape index (κ1) is 27.0. The van der Waals surface area contributed by atoms with Gasteiger partial charge in [-0.3, -0.25) is 0 Å². The molecule has 38 heavy (non-hydrogen) atoms. The van der Waals surface area contributed by atoms with E-state index in [1.807, 2.05) is 37.3 Å². The van der Waals surface area contributed by atoms with E-state index in [2.05, 4.69) is 20.7 Å². The summed E-state index contributed by atoms with van der Waals surface area (Å²) in [5, 5.41) is 9.73. The number of fused-ring (bicyclic) bond motifs is 2. The van der Waals surface area contributed by atoms with Gasteiger partial charge in [-0.1, -0.05) is 43.3 Å². The third-order valence-electron chi connectivity index (χ3n) is 6.99. The van der Waals surface area contributed by atoms with Crippen LogP contribution in [0.5, 0.6) is 0 Å². The number of urea groups is 1. The number of aromatic nitrogens is 1. The van der Waals surface area contributed by atoms with Crippen molar-refractivity contribution in [3.63, 3.8) is 0 Å². The molecule has 0 spiro atoms. The van der Waals surface area contributed by atoms with Crippen LogP contribution in [-0.4, -0.2) is 35.0 Å². The Kier molecular flexibility index (Phi) is 8.54. The first-order valence-electron chi connectivity index (χ1n) is 13.1.